The van der Waals surface area contributed by atoms with E-state index in [2.05, 4.69) is 4.98 Å². The summed E-state index contributed by atoms with van der Waals surface area (Å²) in [5.41, 5.74) is 2.02. The lowest BCUT2D eigenvalue weighted by Gasteiger charge is -2.33. The van der Waals surface area contributed by atoms with Crippen molar-refractivity contribution >= 4 is 11.9 Å². The van der Waals surface area contributed by atoms with Crippen LogP contribution in [-0.2, 0) is 4.74 Å². The minimum Gasteiger partial charge on any atom is -0.492 e. The van der Waals surface area contributed by atoms with Crippen molar-refractivity contribution in [3.63, 3.8) is 0 Å². The van der Waals surface area contributed by atoms with Crippen LogP contribution in [0.4, 0.5) is 4.79 Å². The van der Waals surface area contributed by atoms with Crippen LogP contribution in [0.5, 0.6) is 5.75 Å². The van der Waals surface area contributed by atoms with Gasteiger partial charge in [0, 0.05) is 24.2 Å². The second-order valence-corrected chi connectivity index (χ2v) is 8.73. The molecule has 0 radical (unpaired) electrons. The zero-order chi connectivity index (χ0) is 21.7. The number of nitrogens with zero attached hydrogens (tertiary/aromatic N) is 2. The van der Waals surface area contributed by atoms with Crippen LogP contribution in [0.3, 0.4) is 0 Å². The molecule has 1 aromatic heterocycles. The Hall–Kier alpha value is -2.89. The Balaban J connectivity index is 1.47. The molecule has 3 rings (SSSR count). The molecular weight excluding hydrogens is 380 g/mol. The van der Waals surface area contributed by atoms with Crippen LogP contribution in [0.2, 0.25) is 0 Å². The molecule has 0 spiro atoms. The van der Waals surface area contributed by atoms with E-state index in [1.165, 1.54) is 0 Å². The van der Waals surface area contributed by atoms with Crippen LogP contribution in [0.1, 0.15) is 50.9 Å². The Morgan fingerprint density at radius 1 is 1.07 bits per heavy atom. The maximum atomic E-state index is 12.1. The molecule has 0 saturated carbocycles. The second kappa shape index (κ2) is 9.28. The zero-order valence-corrected chi connectivity index (χ0v) is 18.2. The van der Waals surface area contributed by atoms with E-state index in [-0.39, 0.29) is 11.9 Å². The number of hydrogen-bond acceptors (Lipinski definition) is 5. The number of aromatic nitrogens is 1. The van der Waals surface area contributed by atoms with E-state index < -0.39 is 5.60 Å². The molecule has 1 fully saturated rings. The largest absolute Gasteiger partial charge is 0.492 e. The highest BCUT2D eigenvalue weighted by atomic mass is 16.6. The van der Waals surface area contributed by atoms with E-state index in [1.807, 2.05) is 57.2 Å². The number of carbonyl (C=O) groups excluding carboxylic acids is 2. The molecular formula is C24H30N2O4. The van der Waals surface area contributed by atoms with Crippen molar-refractivity contribution < 1.29 is 19.1 Å². The highest BCUT2D eigenvalue weighted by molar-refractivity contribution is 5.94. The lowest BCUT2D eigenvalue weighted by molar-refractivity contribution is 0.0165. The van der Waals surface area contributed by atoms with Gasteiger partial charge in [0.2, 0.25) is 0 Å². The number of amides is 1. The van der Waals surface area contributed by atoms with Gasteiger partial charge in [-0.2, -0.15) is 0 Å². The number of Topliss-reactive ketones (excluding diaryl/α,β-unsaturated/α-hetero) is 1. The van der Waals surface area contributed by atoms with Crippen molar-refractivity contribution in [3.05, 3.63) is 48.2 Å². The molecule has 6 nitrogen and oxygen atoms in total. The molecule has 0 N–H and O–H groups in total. The number of likely N-dealkylation sites (tertiary alicyclic amines) is 1. The van der Waals surface area contributed by atoms with E-state index in [9.17, 15) is 9.59 Å². The third-order valence-electron chi connectivity index (χ3n) is 5.08. The molecule has 1 aliphatic heterocycles. The molecule has 0 bridgehead atoms. The first-order valence-electron chi connectivity index (χ1n) is 10.4. The molecule has 2 aromatic rings. The van der Waals surface area contributed by atoms with Gasteiger partial charge in [-0.05, 0) is 58.6 Å². The summed E-state index contributed by atoms with van der Waals surface area (Å²) in [5, 5.41) is 0. The molecule has 1 amide bonds. The van der Waals surface area contributed by atoms with Crippen LogP contribution in [0.15, 0.2) is 42.6 Å². The average Bonchev–Trinajstić information content (AvgIpc) is 2.72. The van der Waals surface area contributed by atoms with Crippen molar-refractivity contribution in [1.82, 2.24) is 9.88 Å². The SMILES string of the molecule is CC(=O)c1ccc(-c2ccc(OCC3CCN(C(=O)OC(C)(C)C)CC3)cn2)cc1. The van der Waals surface area contributed by atoms with E-state index in [1.54, 1.807) is 18.0 Å². The topological polar surface area (TPSA) is 68.7 Å². The van der Waals surface area contributed by atoms with Crippen LogP contribution < -0.4 is 4.74 Å². The minimum absolute atomic E-state index is 0.0511. The summed E-state index contributed by atoms with van der Waals surface area (Å²) < 4.78 is 11.4. The smallest absolute Gasteiger partial charge is 0.410 e. The molecule has 1 saturated heterocycles. The van der Waals surface area contributed by atoms with E-state index >= 15 is 0 Å². The summed E-state index contributed by atoms with van der Waals surface area (Å²) in [6.07, 6.45) is 3.28. The van der Waals surface area contributed by atoms with Gasteiger partial charge in [0.05, 0.1) is 18.5 Å². The number of pyridine rings is 1. The first-order chi connectivity index (χ1) is 14.2. The van der Waals surface area contributed by atoms with Gasteiger partial charge in [0.25, 0.3) is 0 Å². The lowest BCUT2D eigenvalue weighted by atomic mass is 9.98. The number of ketones is 1. The fourth-order valence-electron chi connectivity index (χ4n) is 3.33. The number of rotatable bonds is 5. The van der Waals surface area contributed by atoms with Crippen LogP contribution >= 0.6 is 0 Å². The fourth-order valence-corrected chi connectivity index (χ4v) is 3.33. The van der Waals surface area contributed by atoms with Crippen molar-refractivity contribution in [2.24, 2.45) is 5.92 Å². The summed E-state index contributed by atoms with van der Waals surface area (Å²) in [6.45, 7) is 9.19. The summed E-state index contributed by atoms with van der Waals surface area (Å²) in [6, 6.07) is 11.3. The van der Waals surface area contributed by atoms with Gasteiger partial charge in [0.1, 0.15) is 11.4 Å². The monoisotopic (exact) mass is 410 g/mol. The van der Waals surface area contributed by atoms with Gasteiger partial charge in [-0.1, -0.05) is 24.3 Å². The molecule has 6 heteroatoms. The predicted molar refractivity (Wildman–Crippen MR) is 116 cm³/mol. The first-order valence-corrected chi connectivity index (χ1v) is 10.4. The summed E-state index contributed by atoms with van der Waals surface area (Å²) in [4.78, 5) is 29.8. The Bertz CT molecular complexity index is 862. The summed E-state index contributed by atoms with van der Waals surface area (Å²) in [5.74, 6) is 1.19. The van der Waals surface area contributed by atoms with E-state index in [0.717, 1.165) is 29.8 Å². The van der Waals surface area contributed by atoms with Crippen molar-refractivity contribution in [2.75, 3.05) is 19.7 Å². The van der Waals surface area contributed by atoms with E-state index in [0.29, 0.717) is 31.2 Å². The Kier molecular flexibility index (Phi) is 6.75. The zero-order valence-electron chi connectivity index (χ0n) is 18.2. The molecule has 0 unspecified atom stereocenters. The number of hydrogen-bond donors (Lipinski definition) is 0. The molecule has 2 heterocycles. The number of benzene rings is 1. The van der Waals surface area contributed by atoms with Gasteiger partial charge in [-0.3, -0.25) is 9.78 Å². The van der Waals surface area contributed by atoms with Gasteiger partial charge in [-0.25, -0.2) is 4.79 Å². The molecule has 30 heavy (non-hydrogen) atoms. The van der Waals surface area contributed by atoms with Gasteiger partial charge in [-0.15, -0.1) is 0 Å². The van der Waals surface area contributed by atoms with Crippen molar-refractivity contribution in [3.8, 4) is 17.0 Å². The molecule has 0 atom stereocenters. The average molecular weight is 411 g/mol. The lowest BCUT2D eigenvalue weighted by Crippen LogP contribution is -2.42. The highest BCUT2D eigenvalue weighted by Crippen LogP contribution is 2.23. The Morgan fingerprint density at radius 2 is 1.73 bits per heavy atom. The highest BCUT2D eigenvalue weighted by Gasteiger charge is 2.27. The van der Waals surface area contributed by atoms with Gasteiger partial charge in [0.15, 0.2) is 5.78 Å². The summed E-state index contributed by atoms with van der Waals surface area (Å²) >= 11 is 0. The van der Waals surface area contributed by atoms with Crippen LogP contribution in [0, 0.1) is 5.92 Å². The predicted octanol–water partition coefficient (Wildman–Crippen LogP) is 4.98. The van der Waals surface area contributed by atoms with Gasteiger partial charge >= 0.3 is 6.09 Å². The maximum absolute atomic E-state index is 12.1. The molecule has 160 valence electrons. The van der Waals surface area contributed by atoms with Gasteiger partial charge < -0.3 is 14.4 Å². The number of piperidine rings is 1. The van der Waals surface area contributed by atoms with Crippen LogP contribution in [-0.4, -0.2) is 47.1 Å². The summed E-state index contributed by atoms with van der Waals surface area (Å²) in [7, 11) is 0. The van der Waals surface area contributed by atoms with E-state index in [4.69, 9.17) is 9.47 Å². The van der Waals surface area contributed by atoms with Crippen molar-refractivity contribution in [1.29, 1.82) is 0 Å². The molecule has 0 aliphatic carbocycles. The standard InChI is InChI=1S/C24H30N2O4/c1-17(27)19-5-7-20(8-6-19)22-10-9-21(15-25-22)29-16-18-11-13-26(14-12-18)23(28)30-24(2,3)4/h5-10,15,18H,11-14,16H2,1-4H3. The number of carbonyl (C=O) groups is 2. The number of ether oxygens (including phenoxy) is 2. The molecule has 1 aromatic carbocycles. The third-order valence-corrected chi connectivity index (χ3v) is 5.08. The van der Waals surface area contributed by atoms with Crippen LogP contribution in [0.25, 0.3) is 11.3 Å². The second-order valence-electron chi connectivity index (χ2n) is 8.73. The minimum atomic E-state index is -0.467. The third kappa shape index (κ3) is 6.05. The van der Waals surface area contributed by atoms with Crippen molar-refractivity contribution in [2.45, 2.75) is 46.1 Å². The maximum Gasteiger partial charge on any atom is 0.410 e. The normalized spacial score (nSPS) is 15.0. The molecule has 1 aliphatic rings. The first kappa shape index (κ1) is 21.8. The Labute approximate surface area is 178 Å². The fraction of sp³-hybridized carbons (Fsp3) is 0.458. The Morgan fingerprint density at radius 3 is 2.27 bits per heavy atom. The quantitative estimate of drug-likeness (QED) is 0.651.